The number of carbonyl (C=O) groups is 1. The lowest BCUT2D eigenvalue weighted by Crippen LogP contribution is -2.61. The zero-order chi connectivity index (χ0) is 17.3. The summed E-state index contributed by atoms with van der Waals surface area (Å²) >= 11 is 0. The van der Waals surface area contributed by atoms with Crippen LogP contribution in [0.2, 0.25) is 0 Å². The number of aliphatic hydroxyl groups excluding tert-OH is 1. The lowest BCUT2D eigenvalue weighted by molar-refractivity contribution is -0.162. The fraction of sp³-hybridized carbons (Fsp3) is 0.944. The molecule has 1 amide bonds. The number of amides is 1. The summed E-state index contributed by atoms with van der Waals surface area (Å²) in [6, 6.07) is 0. The third kappa shape index (κ3) is 4.00. The van der Waals surface area contributed by atoms with Gasteiger partial charge in [-0.3, -0.25) is 0 Å². The molecule has 23 heavy (non-hydrogen) atoms. The minimum absolute atomic E-state index is 0.0878. The van der Waals surface area contributed by atoms with Crippen LogP contribution in [0.15, 0.2) is 0 Å². The molecule has 0 aromatic rings. The van der Waals surface area contributed by atoms with E-state index in [1.807, 2.05) is 20.8 Å². The van der Waals surface area contributed by atoms with E-state index in [1.165, 1.54) is 0 Å². The highest BCUT2D eigenvalue weighted by Crippen LogP contribution is 2.48. The van der Waals surface area contributed by atoms with E-state index >= 15 is 0 Å². The van der Waals surface area contributed by atoms with Crippen LogP contribution in [0.5, 0.6) is 0 Å². The third-order valence-corrected chi connectivity index (χ3v) is 5.49. The minimum Gasteiger partial charge on any atom is -0.444 e. The topological polar surface area (TPSA) is 70.0 Å². The maximum Gasteiger partial charge on any atom is 0.410 e. The smallest absolute Gasteiger partial charge is 0.410 e. The molecule has 0 aromatic heterocycles. The molecule has 2 fully saturated rings. The Balaban J connectivity index is 2.17. The van der Waals surface area contributed by atoms with E-state index in [9.17, 15) is 15.0 Å². The second kappa shape index (κ2) is 6.60. The zero-order valence-corrected chi connectivity index (χ0v) is 15.1. The average molecular weight is 327 g/mol. The Bertz CT molecular complexity index is 433. The average Bonchev–Trinajstić information content (AvgIpc) is 2.45. The molecular formula is C18H33NO4. The van der Waals surface area contributed by atoms with E-state index in [-0.39, 0.29) is 12.7 Å². The van der Waals surface area contributed by atoms with E-state index in [4.69, 9.17) is 4.74 Å². The van der Waals surface area contributed by atoms with Crippen molar-refractivity contribution < 1.29 is 19.7 Å². The first-order valence-corrected chi connectivity index (χ1v) is 8.92. The second-order valence-corrected chi connectivity index (χ2v) is 8.68. The molecule has 3 unspecified atom stereocenters. The highest BCUT2D eigenvalue weighted by molar-refractivity contribution is 5.68. The molecule has 134 valence electrons. The quantitative estimate of drug-likeness (QED) is 0.818. The normalized spacial score (nSPS) is 35.9. The number of carbonyl (C=O) groups excluding carboxylic acids is 1. The number of ether oxygens (including phenoxy) is 1. The van der Waals surface area contributed by atoms with Gasteiger partial charge in [0, 0.05) is 18.5 Å². The molecule has 1 aliphatic heterocycles. The van der Waals surface area contributed by atoms with Gasteiger partial charge in [0.05, 0.1) is 12.2 Å². The molecule has 1 saturated carbocycles. The van der Waals surface area contributed by atoms with Gasteiger partial charge in [0.25, 0.3) is 0 Å². The van der Waals surface area contributed by atoms with Gasteiger partial charge < -0.3 is 19.8 Å². The van der Waals surface area contributed by atoms with Gasteiger partial charge in [-0.2, -0.15) is 0 Å². The van der Waals surface area contributed by atoms with E-state index in [1.54, 1.807) is 4.90 Å². The number of rotatable bonds is 2. The Morgan fingerprint density at radius 1 is 1.30 bits per heavy atom. The van der Waals surface area contributed by atoms with Crippen molar-refractivity contribution in [2.24, 2.45) is 11.3 Å². The Morgan fingerprint density at radius 2 is 2.00 bits per heavy atom. The summed E-state index contributed by atoms with van der Waals surface area (Å²) in [5, 5.41) is 21.4. The van der Waals surface area contributed by atoms with Gasteiger partial charge in [0.15, 0.2) is 0 Å². The maximum atomic E-state index is 12.4. The van der Waals surface area contributed by atoms with Crippen molar-refractivity contribution in [1.82, 2.24) is 4.90 Å². The van der Waals surface area contributed by atoms with Gasteiger partial charge in [0.1, 0.15) is 5.60 Å². The number of hydrogen-bond donors (Lipinski definition) is 2. The summed E-state index contributed by atoms with van der Waals surface area (Å²) < 4.78 is 5.48. The van der Waals surface area contributed by atoms with Crippen molar-refractivity contribution in [2.45, 2.75) is 77.4 Å². The highest BCUT2D eigenvalue weighted by atomic mass is 16.6. The fourth-order valence-electron chi connectivity index (χ4n) is 4.28. The molecular weight excluding hydrogens is 294 g/mol. The van der Waals surface area contributed by atoms with Crippen molar-refractivity contribution in [2.75, 3.05) is 19.7 Å². The zero-order valence-electron chi connectivity index (χ0n) is 15.1. The Kier molecular flexibility index (Phi) is 5.31. The standard InChI is InChI=1S/C18H33NO4/c1-14-7-5-9-18(22,11-14)17(13-20)8-6-10-19(12-17)15(21)23-16(2,3)4/h14,20,22H,5-13H2,1-4H3. The first-order valence-electron chi connectivity index (χ1n) is 8.92. The molecule has 1 aliphatic carbocycles. The van der Waals surface area contributed by atoms with E-state index < -0.39 is 16.6 Å². The predicted octanol–water partition coefficient (Wildman–Crippen LogP) is 2.94. The van der Waals surface area contributed by atoms with Crippen LogP contribution in [0.4, 0.5) is 4.79 Å². The van der Waals surface area contributed by atoms with Crippen LogP contribution in [0, 0.1) is 11.3 Å². The van der Waals surface area contributed by atoms with Crippen LogP contribution in [0.25, 0.3) is 0 Å². The van der Waals surface area contributed by atoms with Crippen LogP contribution in [-0.4, -0.2) is 52.1 Å². The molecule has 1 saturated heterocycles. The largest absolute Gasteiger partial charge is 0.444 e. The highest BCUT2D eigenvalue weighted by Gasteiger charge is 2.53. The van der Waals surface area contributed by atoms with Crippen molar-refractivity contribution in [3.8, 4) is 0 Å². The van der Waals surface area contributed by atoms with Crippen LogP contribution in [0.1, 0.15) is 66.2 Å². The number of piperidine rings is 1. The summed E-state index contributed by atoms with van der Waals surface area (Å²) in [7, 11) is 0. The van der Waals surface area contributed by atoms with Gasteiger partial charge in [-0.15, -0.1) is 0 Å². The summed E-state index contributed by atoms with van der Waals surface area (Å²) in [5.41, 5.74) is -2.05. The first-order chi connectivity index (χ1) is 10.6. The van der Waals surface area contributed by atoms with Crippen molar-refractivity contribution >= 4 is 6.09 Å². The van der Waals surface area contributed by atoms with Gasteiger partial charge in [-0.25, -0.2) is 4.79 Å². The lowest BCUT2D eigenvalue weighted by atomic mass is 9.60. The Morgan fingerprint density at radius 3 is 2.57 bits per heavy atom. The summed E-state index contributed by atoms with van der Waals surface area (Å²) in [6.07, 6.45) is 4.71. The number of hydrogen-bond acceptors (Lipinski definition) is 4. The number of aliphatic hydroxyl groups is 2. The van der Waals surface area contributed by atoms with Gasteiger partial charge >= 0.3 is 6.09 Å². The van der Waals surface area contributed by atoms with E-state index in [0.29, 0.717) is 31.8 Å². The molecule has 5 heteroatoms. The first kappa shape index (κ1) is 18.5. The molecule has 2 rings (SSSR count). The lowest BCUT2D eigenvalue weighted by Gasteiger charge is -2.53. The number of likely N-dealkylation sites (tertiary alicyclic amines) is 1. The molecule has 0 spiro atoms. The fourth-order valence-corrected chi connectivity index (χ4v) is 4.28. The second-order valence-electron chi connectivity index (χ2n) is 8.68. The molecule has 0 aromatic carbocycles. The van der Waals surface area contributed by atoms with Crippen molar-refractivity contribution in [3.05, 3.63) is 0 Å². The minimum atomic E-state index is -0.889. The summed E-state index contributed by atoms with van der Waals surface area (Å²) in [4.78, 5) is 14.1. The third-order valence-electron chi connectivity index (χ3n) is 5.49. The summed E-state index contributed by atoms with van der Waals surface area (Å²) in [5.74, 6) is 0.453. The molecule has 0 bridgehead atoms. The SMILES string of the molecule is CC1CCCC(O)(C2(CO)CCCN(C(=O)OC(C)(C)C)C2)C1. The number of nitrogens with zero attached hydrogens (tertiary/aromatic N) is 1. The summed E-state index contributed by atoms with van der Waals surface area (Å²) in [6.45, 7) is 8.63. The van der Waals surface area contributed by atoms with Crippen LogP contribution in [0.3, 0.4) is 0 Å². The molecule has 2 aliphatic rings. The van der Waals surface area contributed by atoms with Crippen molar-refractivity contribution in [1.29, 1.82) is 0 Å². The maximum absolute atomic E-state index is 12.4. The molecule has 3 atom stereocenters. The molecule has 5 nitrogen and oxygen atoms in total. The van der Waals surface area contributed by atoms with Gasteiger partial charge in [-0.1, -0.05) is 19.8 Å². The van der Waals surface area contributed by atoms with Crippen LogP contribution < -0.4 is 0 Å². The predicted molar refractivity (Wildman–Crippen MR) is 89.1 cm³/mol. The van der Waals surface area contributed by atoms with E-state index in [2.05, 4.69) is 6.92 Å². The molecule has 1 heterocycles. The van der Waals surface area contributed by atoms with Crippen LogP contribution in [-0.2, 0) is 4.74 Å². The Hall–Kier alpha value is -0.810. The van der Waals surface area contributed by atoms with Gasteiger partial charge in [-0.05, 0) is 52.4 Å². The Labute approximate surface area is 140 Å². The van der Waals surface area contributed by atoms with Crippen molar-refractivity contribution in [3.63, 3.8) is 0 Å². The monoisotopic (exact) mass is 327 g/mol. The molecule has 2 N–H and O–H groups in total. The van der Waals surface area contributed by atoms with Gasteiger partial charge in [0.2, 0.25) is 0 Å². The van der Waals surface area contributed by atoms with E-state index in [0.717, 1.165) is 25.7 Å². The molecule has 0 radical (unpaired) electrons. The van der Waals surface area contributed by atoms with Crippen LogP contribution >= 0.6 is 0 Å².